The molecule has 0 saturated carbocycles. The van der Waals surface area contributed by atoms with Crippen LogP contribution in [0.15, 0.2) is 24.3 Å². The van der Waals surface area contributed by atoms with Crippen LogP contribution in [0.3, 0.4) is 0 Å². The van der Waals surface area contributed by atoms with Gasteiger partial charge in [0.2, 0.25) is 0 Å². The second-order valence-corrected chi connectivity index (χ2v) is 23.8. The summed E-state index contributed by atoms with van der Waals surface area (Å²) in [6, 6.07) is 0. The molecule has 0 amide bonds. The minimum atomic E-state index is -0.768. The van der Waals surface area contributed by atoms with E-state index < -0.39 is 6.10 Å². The van der Waals surface area contributed by atoms with Crippen LogP contribution in [0.5, 0.6) is 0 Å². The van der Waals surface area contributed by atoms with Crippen molar-refractivity contribution in [1.29, 1.82) is 0 Å². The van der Waals surface area contributed by atoms with Gasteiger partial charge in [-0.2, -0.15) is 0 Å². The van der Waals surface area contributed by atoms with Gasteiger partial charge in [0.1, 0.15) is 13.2 Å². The van der Waals surface area contributed by atoms with E-state index in [-0.39, 0.29) is 31.1 Å². The minimum Gasteiger partial charge on any atom is -0.462 e. The summed E-state index contributed by atoms with van der Waals surface area (Å²) < 4.78 is 16.9. The molecule has 77 heavy (non-hydrogen) atoms. The number of esters is 3. The molecule has 454 valence electrons. The molecular formula is C71H134O6. The maximum atomic E-state index is 12.9. The molecule has 0 aromatic rings. The van der Waals surface area contributed by atoms with Gasteiger partial charge < -0.3 is 14.2 Å². The Morgan fingerprint density at radius 1 is 0.247 bits per heavy atom. The molecule has 6 nitrogen and oxygen atoms in total. The summed E-state index contributed by atoms with van der Waals surface area (Å²) in [7, 11) is 0. The molecule has 0 N–H and O–H groups in total. The molecule has 0 spiro atoms. The predicted octanol–water partition coefficient (Wildman–Crippen LogP) is 23.8. The van der Waals surface area contributed by atoms with Crippen molar-refractivity contribution in [3.63, 3.8) is 0 Å². The monoisotopic (exact) mass is 1080 g/mol. The van der Waals surface area contributed by atoms with Crippen molar-refractivity contribution >= 4 is 17.9 Å². The molecule has 0 aliphatic carbocycles. The van der Waals surface area contributed by atoms with Crippen molar-refractivity contribution in [3.8, 4) is 0 Å². The van der Waals surface area contributed by atoms with Gasteiger partial charge in [0.25, 0.3) is 0 Å². The van der Waals surface area contributed by atoms with Gasteiger partial charge in [-0.05, 0) is 70.6 Å². The Balaban J connectivity index is 4.01. The van der Waals surface area contributed by atoms with Crippen LogP contribution >= 0.6 is 0 Å². The van der Waals surface area contributed by atoms with E-state index in [1.54, 1.807) is 0 Å². The maximum absolute atomic E-state index is 12.9. The lowest BCUT2D eigenvalue weighted by Crippen LogP contribution is -2.30. The van der Waals surface area contributed by atoms with Gasteiger partial charge in [-0.15, -0.1) is 0 Å². The summed E-state index contributed by atoms with van der Waals surface area (Å²) in [6.07, 6.45) is 80.9. The number of hydrogen-bond donors (Lipinski definition) is 0. The SMILES string of the molecule is CCCCCCCC/C=C\CCCCCCCCCC(=O)OC(COC(=O)CCCCCCCCCCC)COC(=O)CCCCCCCCCCCCCCCCCCCCCCC/C=C\CCCCCCCCCC. The first-order valence-corrected chi connectivity index (χ1v) is 34.8. The van der Waals surface area contributed by atoms with E-state index in [0.29, 0.717) is 19.3 Å². The van der Waals surface area contributed by atoms with Gasteiger partial charge in [0.05, 0.1) is 0 Å². The first-order valence-electron chi connectivity index (χ1n) is 34.8. The average Bonchev–Trinajstić information content (AvgIpc) is 3.43. The standard InChI is InChI=1S/C71H134O6/c1-4-7-10-13-16-19-21-23-25-27-28-29-30-31-32-33-34-35-36-37-38-39-40-41-42-44-45-47-49-52-55-58-61-64-70(73)76-67-68(66-75-69(72)63-60-57-54-51-18-15-12-9-6-3)77-71(74)65-62-59-56-53-50-48-46-43-26-24-22-20-17-14-11-8-5-2/h24,26-28,68H,4-23,25,29-67H2,1-3H3/b26-24-,28-27-. The molecule has 1 atom stereocenters. The van der Waals surface area contributed by atoms with Crippen LogP contribution in [-0.2, 0) is 28.6 Å². The fourth-order valence-corrected chi connectivity index (χ4v) is 10.7. The number of carbonyl (C=O) groups excluding carboxylic acids is 3. The Kier molecular flexibility index (Phi) is 64.6. The van der Waals surface area contributed by atoms with E-state index >= 15 is 0 Å². The van der Waals surface area contributed by atoms with E-state index in [0.717, 1.165) is 57.8 Å². The number of hydrogen-bond acceptors (Lipinski definition) is 6. The van der Waals surface area contributed by atoms with Crippen LogP contribution in [0, 0.1) is 0 Å². The van der Waals surface area contributed by atoms with E-state index in [4.69, 9.17) is 14.2 Å². The third-order valence-electron chi connectivity index (χ3n) is 15.9. The zero-order valence-corrected chi connectivity index (χ0v) is 52.3. The van der Waals surface area contributed by atoms with Crippen molar-refractivity contribution in [2.45, 2.75) is 399 Å². The normalized spacial score (nSPS) is 12.1. The van der Waals surface area contributed by atoms with E-state index in [1.165, 1.54) is 295 Å². The van der Waals surface area contributed by atoms with Crippen molar-refractivity contribution < 1.29 is 28.6 Å². The summed E-state index contributed by atoms with van der Waals surface area (Å²) in [5.41, 5.74) is 0. The van der Waals surface area contributed by atoms with Gasteiger partial charge in [0.15, 0.2) is 6.10 Å². The summed E-state index contributed by atoms with van der Waals surface area (Å²) in [5, 5.41) is 0. The molecule has 0 aromatic heterocycles. The number of allylic oxidation sites excluding steroid dienone is 4. The molecular weight excluding hydrogens is 949 g/mol. The molecule has 0 rings (SSSR count). The zero-order chi connectivity index (χ0) is 55.7. The van der Waals surface area contributed by atoms with Crippen LogP contribution < -0.4 is 0 Å². The Labute approximate surface area is 481 Å². The molecule has 6 heteroatoms. The van der Waals surface area contributed by atoms with E-state index in [9.17, 15) is 14.4 Å². The summed E-state index contributed by atoms with van der Waals surface area (Å²) in [6.45, 7) is 6.68. The first-order chi connectivity index (χ1) is 38.0. The molecule has 0 aliphatic rings. The number of carbonyl (C=O) groups is 3. The van der Waals surface area contributed by atoms with Gasteiger partial charge in [-0.3, -0.25) is 14.4 Å². The largest absolute Gasteiger partial charge is 0.462 e. The summed E-state index contributed by atoms with van der Waals surface area (Å²) in [5.74, 6) is -0.848. The lowest BCUT2D eigenvalue weighted by Gasteiger charge is -2.18. The topological polar surface area (TPSA) is 78.9 Å². The highest BCUT2D eigenvalue weighted by atomic mass is 16.6. The third-order valence-corrected chi connectivity index (χ3v) is 15.9. The second-order valence-electron chi connectivity index (χ2n) is 23.8. The number of rotatable bonds is 65. The predicted molar refractivity (Wildman–Crippen MR) is 335 cm³/mol. The molecule has 0 bridgehead atoms. The highest BCUT2D eigenvalue weighted by Crippen LogP contribution is 2.18. The van der Waals surface area contributed by atoms with Crippen molar-refractivity contribution in [1.82, 2.24) is 0 Å². The van der Waals surface area contributed by atoms with Gasteiger partial charge >= 0.3 is 17.9 Å². The Bertz CT molecular complexity index is 1240. The van der Waals surface area contributed by atoms with Crippen LogP contribution in [0.2, 0.25) is 0 Å². The third kappa shape index (κ3) is 64.6. The molecule has 0 fully saturated rings. The molecule has 1 unspecified atom stereocenters. The maximum Gasteiger partial charge on any atom is 0.306 e. The second kappa shape index (κ2) is 66.4. The quantitative estimate of drug-likeness (QED) is 0.0261. The highest BCUT2D eigenvalue weighted by molar-refractivity contribution is 5.71. The minimum absolute atomic E-state index is 0.0670. The van der Waals surface area contributed by atoms with Crippen LogP contribution in [0.1, 0.15) is 393 Å². The zero-order valence-electron chi connectivity index (χ0n) is 52.3. The average molecular weight is 1080 g/mol. The highest BCUT2D eigenvalue weighted by Gasteiger charge is 2.19. The molecule has 0 aliphatic heterocycles. The Hall–Kier alpha value is -2.11. The van der Waals surface area contributed by atoms with Gasteiger partial charge in [0, 0.05) is 19.3 Å². The van der Waals surface area contributed by atoms with Gasteiger partial charge in [-0.1, -0.05) is 328 Å². The molecule has 0 radical (unpaired) electrons. The smallest absolute Gasteiger partial charge is 0.306 e. The molecule has 0 aromatic carbocycles. The fraction of sp³-hybridized carbons (Fsp3) is 0.901. The van der Waals surface area contributed by atoms with Crippen molar-refractivity contribution in [2.75, 3.05) is 13.2 Å². The van der Waals surface area contributed by atoms with E-state index in [2.05, 4.69) is 45.1 Å². The van der Waals surface area contributed by atoms with Crippen molar-refractivity contribution in [3.05, 3.63) is 24.3 Å². The lowest BCUT2D eigenvalue weighted by atomic mass is 10.0. The van der Waals surface area contributed by atoms with Gasteiger partial charge in [-0.25, -0.2) is 0 Å². The summed E-state index contributed by atoms with van der Waals surface area (Å²) >= 11 is 0. The summed E-state index contributed by atoms with van der Waals surface area (Å²) in [4.78, 5) is 38.2. The van der Waals surface area contributed by atoms with Crippen LogP contribution in [-0.4, -0.2) is 37.2 Å². The first kappa shape index (κ1) is 74.9. The molecule has 0 saturated heterocycles. The fourth-order valence-electron chi connectivity index (χ4n) is 10.7. The molecule has 0 heterocycles. The van der Waals surface area contributed by atoms with Crippen LogP contribution in [0.4, 0.5) is 0 Å². The Morgan fingerprint density at radius 3 is 0.649 bits per heavy atom. The van der Waals surface area contributed by atoms with Crippen molar-refractivity contribution in [2.24, 2.45) is 0 Å². The number of ether oxygens (including phenoxy) is 3. The lowest BCUT2D eigenvalue weighted by molar-refractivity contribution is -0.167. The Morgan fingerprint density at radius 2 is 0.429 bits per heavy atom. The van der Waals surface area contributed by atoms with Crippen LogP contribution in [0.25, 0.3) is 0 Å². The van der Waals surface area contributed by atoms with E-state index in [1.807, 2.05) is 0 Å². The number of unbranched alkanes of at least 4 members (excludes halogenated alkanes) is 50.